The van der Waals surface area contributed by atoms with Crippen LogP contribution in [0.4, 0.5) is 0 Å². The molecular formula is C8H11N3O3S. The molecule has 0 aliphatic carbocycles. The Balaban J connectivity index is 2.77. The Bertz CT molecular complexity index is 472. The first kappa shape index (κ1) is 11.7. The van der Waals surface area contributed by atoms with Gasteiger partial charge in [0, 0.05) is 13.1 Å². The van der Waals surface area contributed by atoms with Crippen LogP contribution in [0.3, 0.4) is 0 Å². The van der Waals surface area contributed by atoms with Crippen LogP contribution >= 0.6 is 0 Å². The summed E-state index contributed by atoms with van der Waals surface area (Å²) < 4.78 is 28.9. The molecule has 0 spiro atoms. The summed E-state index contributed by atoms with van der Waals surface area (Å²) in [7, 11) is -2.12. The number of sulfonamides is 1. The van der Waals surface area contributed by atoms with Crippen molar-refractivity contribution in [2.45, 2.75) is 12.7 Å². The van der Waals surface area contributed by atoms with Crippen LogP contribution in [0.5, 0.6) is 0 Å². The number of rotatable bonds is 4. The minimum absolute atomic E-state index is 0.167. The van der Waals surface area contributed by atoms with Gasteiger partial charge in [0.1, 0.15) is 23.8 Å². The number of aromatic nitrogens is 1. The minimum atomic E-state index is -3.47. The van der Waals surface area contributed by atoms with Crippen LogP contribution in [-0.2, 0) is 15.8 Å². The van der Waals surface area contributed by atoms with Gasteiger partial charge < -0.3 is 4.52 Å². The van der Waals surface area contributed by atoms with E-state index in [1.165, 1.54) is 7.05 Å². The molecule has 0 amide bonds. The van der Waals surface area contributed by atoms with Crippen molar-refractivity contribution in [2.75, 3.05) is 13.6 Å². The first-order chi connectivity index (χ1) is 6.95. The molecule has 0 aliphatic heterocycles. The molecule has 0 saturated heterocycles. The average molecular weight is 229 g/mol. The van der Waals surface area contributed by atoms with Gasteiger partial charge in [-0.1, -0.05) is 5.16 Å². The van der Waals surface area contributed by atoms with Gasteiger partial charge in [-0.25, -0.2) is 8.42 Å². The average Bonchev–Trinajstić information content (AvgIpc) is 2.50. The summed E-state index contributed by atoms with van der Waals surface area (Å²) >= 11 is 0. The fourth-order valence-corrected chi connectivity index (χ4v) is 1.97. The molecule has 0 atom stereocenters. The molecule has 0 bridgehead atoms. The Morgan fingerprint density at radius 1 is 1.67 bits per heavy atom. The van der Waals surface area contributed by atoms with Crippen molar-refractivity contribution < 1.29 is 12.9 Å². The first-order valence-electron chi connectivity index (χ1n) is 4.19. The third-order valence-corrected chi connectivity index (χ3v) is 3.51. The van der Waals surface area contributed by atoms with Gasteiger partial charge in [0.05, 0.1) is 6.07 Å². The fraction of sp³-hybridized carbons (Fsp3) is 0.500. The van der Waals surface area contributed by atoms with E-state index < -0.39 is 10.0 Å². The van der Waals surface area contributed by atoms with E-state index >= 15 is 0 Å². The van der Waals surface area contributed by atoms with Gasteiger partial charge in [0.15, 0.2) is 0 Å². The Labute approximate surface area is 88.1 Å². The number of nitrogens with zero attached hydrogens (tertiary/aromatic N) is 3. The normalized spacial score (nSPS) is 11.6. The maximum Gasteiger partial charge on any atom is 0.220 e. The van der Waals surface area contributed by atoms with E-state index in [9.17, 15) is 8.42 Å². The molecule has 82 valence electrons. The van der Waals surface area contributed by atoms with Gasteiger partial charge in [-0.05, 0) is 6.92 Å². The lowest BCUT2D eigenvalue weighted by Crippen LogP contribution is -2.28. The maximum absolute atomic E-state index is 11.6. The van der Waals surface area contributed by atoms with E-state index in [1.54, 1.807) is 19.1 Å². The molecule has 0 fully saturated rings. The van der Waals surface area contributed by atoms with Gasteiger partial charge >= 0.3 is 0 Å². The summed E-state index contributed by atoms with van der Waals surface area (Å²) in [6.07, 6.45) is 0. The minimum Gasteiger partial charge on any atom is -0.361 e. The lowest BCUT2D eigenvalue weighted by Gasteiger charge is -2.11. The van der Waals surface area contributed by atoms with Crippen LogP contribution in [0.2, 0.25) is 0 Å². The highest BCUT2D eigenvalue weighted by atomic mass is 32.2. The topological polar surface area (TPSA) is 87.2 Å². The van der Waals surface area contributed by atoms with Crippen LogP contribution in [0.25, 0.3) is 0 Å². The van der Waals surface area contributed by atoms with E-state index in [1.807, 2.05) is 0 Å². The third-order valence-electron chi connectivity index (χ3n) is 1.78. The second-order valence-electron chi connectivity index (χ2n) is 3.10. The third kappa shape index (κ3) is 3.04. The smallest absolute Gasteiger partial charge is 0.220 e. The summed E-state index contributed by atoms with van der Waals surface area (Å²) in [6, 6.07) is 3.32. The number of hydrogen-bond acceptors (Lipinski definition) is 5. The van der Waals surface area contributed by atoms with Gasteiger partial charge in [0.25, 0.3) is 0 Å². The van der Waals surface area contributed by atoms with Crippen LogP contribution in [0.1, 0.15) is 11.5 Å². The Morgan fingerprint density at radius 3 is 2.80 bits per heavy atom. The van der Waals surface area contributed by atoms with E-state index in [4.69, 9.17) is 9.78 Å². The highest BCUT2D eigenvalue weighted by Crippen LogP contribution is 2.09. The SMILES string of the molecule is Cc1cc(CS(=O)(=O)N(C)CC#N)no1. The molecule has 0 aliphatic rings. The van der Waals surface area contributed by atoms with Gasteiger partial charge in [-0.2, -0.15) is 9.57 Å². The molecule has 0 radical (unpaired) electrons. The quantitative estimate of drug-likeness (QED) is 0.691. The van der Waals surface area contributed by atoms with Crippen LogP contribution in [0.15, 0.2) is 10.6 Å². The van der Waals surface area contributed by atoms with E-state index in [-0.39, 0.29) is 12.3 Å². The van der Waals surface area contributed by atoms with Crippen molar-refractivity contribution in [3.05, 3.63) is 17.5 Å². The van der Waals surface area contributed by atoms with Crippen molar-refractivity contribution >= 4 is 10.0 Å². The summed E-state index contributed by atoms with van der Waals surface area (Å²) in [5, 5.41) is 12.0. The van der Waals surface area contributed by atoms with Crippen molar-refractivity contribution in [2.24, 2.45) is 0 Å². The number of hydrogen-bond donors (Lipinski definition) is 0. The standard InChI is InChI=1S/C8H11N3O3S/c1-7-5-8(10-14-7)6-15(12,13)11(2)4-3-9/h5H,4,6H2,1-2H3. The summed E-state index contributed by atoms with van der Waals surface area (Å²) in [4.78, 5) is 0. The summed E-state index contributed by atoms with van der Waals surface area (Å²) in [6.45, 7) is 1.52. The highest BCUT2D eigenvalue weighted by molar-refractivity contribution is 7.88. The van der Waals surface area contributed by atoms with Crippen LogP contribution in [-0.4, -0.2) is 31.5 Å². The fourth-order valence-electron chi connectivity index (χ4n) is 0.981. The van der Waals surface area contributed by atoms with Crippen LogP contribution < -0.4 is 0 Å². The molecule has 0 aromatic carbocycles. The molecule has 6 nitrogen and oxygen atoms in total. The zero-order valence-corrected chi connectivity index (χ0v) is 9.28. The molecule has 0 saturated carbocycles. The lowest BCUT2D eigenvalue weighted by molar-refractivity contribution is 0.391. The molecule has 1 heterocycles. The van der Waals surface area contributed by atoms with Gasteiger partial charge in [-0.15, -0.1) is 0 Å². The molecule has 15 heavy (non-hydrogen) atoms. The van der Waals surface area contributed by atoms with Crippen molar-refractivity contribution in [1.29, 1.82) is 5.26 Å². The monoisotopic (exact) mass is 229 g/mol. The van der Waals surface area contributed by atoms with E-state index in [2.05, 4.69) is 5.16 Å². The van der Waals surface area contributed by atoms with Crippen molar-refractivity contribution in [3.63, 3.8) is 0 Å². The Hall–Kier alpha value is -1.39. The number of nitriles is 1. The van der Waals surface area contributed by atoms with Gasteiger partial charge in [-0.3, -0.25) is 0 Å². The summed E-state index contributed by atoms with van der Waals surface area (Å²) in [5.41, 5.74) is 0.345. The molecule has 1 aromatic heterocycles. The van der Waals surface area contributed by atoms with Crippen molar-refractivity contribution in [3.8, 4) is 6.07 Å². The Kier molecular flexibility index (Phi) is 3.44. The summed E-state index contributed by atoms with van der Waals surface area (Å²) in [5.74, 6) is 0.311. The van der Waals surface area contributed by atoms with Crippen LogP contribution in [0, 0.1) is 18.3 Å². The molecule has 7 heteroatoms. The predicted molar refractivity (Wildman–Crippen MR) is 52.1 cm³/mol. The molecule has 0 unspecified atom stereocenters. The first-order valence-corrected chi connectivity index (χ1v) is 5.80. The lowest BCUT2D eigenvalue weighted by atomic mass is 10.4. The molecule has 0 N–H and O–H groups in total. The second-order valence-corrected chi connectivity index (χ2v) is 5.18. The van der Waals surface area contributed by atoms with Gasteiger partial charge in [0.2, 0.25) is 10.0 Å². The zero-order chi connectivity index (χ0) is 11.5. The second kappa shape index (κ2) is 4.42. The predicted octanol–water partition coefficient (Wildman–Crippen LogP) is 0.268. The highest BCUT2D eigenvalue weighted by Gasteiger charge is 2.19. The zero-order valence-electron chi connectivity index (χ0n) is 8.47. The maximum atomic E-state index is 11.6. The van der Waals surface area contributed by atoms with Crippen molar-refractivity contribution in [1.82, 2.24) is 9.46 Å². The van der Waals surface area contributed by atoms with E-state index in [0.29, 0.717) is 11.5 Å². The Morgan fingerprint density at radius 2 is 2.33 bits per heavy atom. The number of aryl methyl sites for hydroxylation is 1. The molecule has 1 rings (SSSR count). The molecular weight excluding hydrogens is 218 g/mol. The largest absolute Gasteiger partial charge is 0.361 e. The molecule has 1 aromatic rings. The van der Waals surface area contributed by atoms with E-state index in [0.717, 1.165) is 4.31 Å².